The molecule has 3 rings (SSSR count). The summed E-state index contributed by atoms with van der Waals surface area (Å²) >= 11 is 0. The molecule has 1 fully saturated rings. The van der Waals surface area contributed by atoms with E-state index in [0.29, 0.717) is 37.3 Å². The fourth-order valence-electron chi connectivity index (χ4n) is 3.28. The van der Waals surface area contributed by atoms with Gasteiger partial charge < -0.3 is 9.64 Å². The highest BCUT2D eigenvalue weighted by molar-refractivity contribution is 5.94. The Morgan fingerprint density at radius 2 is 1.63 bits per heavy atom. The second-order valence-corrected chi connectivity index (χ2v) is 6.43. The maximum Gasteiger partial charge on any atom is 0.387 e. The van der Waals surface area contributed by atoms with Gasteiger partial charge >= 0.3 is 6.61 Å². The third kappa shape index (κ3) is 4.60. The van der Waals surface area contributed by atoms with Crippen molar-refractivity contribution in [3.63, 3.8) is 0 Å². The van der Waals surface area contributed by atoms with E-state index >= 15 is 0 Å². The predicted molar refractivity (Wildman–Crippen MR) is 95.4 cm³/mol. The maximum absolute atomic E-state index is 14.0. The molecule has 4 nitrogen and oxygen atoms in total. The molecular weight excluding hydrogens is 357 g/mol. The first-order valence-corrected chi connectivity index (χ1v) is 8.78. The third-order valence-electron chi connectivity index (χ3n) is 4.83. The van der Waals surface area contributed by atoms with Crippen LogP contribution in [0.15, 0.2) is 48.5 Å². The molecule has 0 aromatic heterocycles. The van der Waals surface area contributed by atoms with E-state index in [9.17, 15) is 18.0 Å². The second kappa shape index (κ2) is 8.43. The van der Waals surface area contributed by atoms with E-state index in [1.54, 1.807) is 17.0 Å². The van der Waals surface area contributed by atoms with Gasteiger partial charge in [-0.15, -0.1) is 0 Å². The first-order valence-electron chi connectivity index (χ1n) is 8.78. The standard InChI is InChI=1S/C20H21F3N2O2/c1-14(17-4-2-3-5-18(17)21)24-10-12-25(13-11-24)19(26)15-6-8-16(9-7-15)27-20(22)23/h2-9,14,20H,10-13H2,1H3. The van der Waals surface area contributed by atoms with Gasteiger partial charge in [0.25, 0.3) is 5.91 Å². The van der Waals surface area contributed by atoms with E-state index in [-0.39, 0.29) is 23.5 Å². The minimum absolute atomic E-state index is 0.0186. The average molecular weight is 378 g/mol. The van der Waals surface area contributed by atoms with Crippen molar-refractivity contribution in [1.82, 2.24) is 9.80 Å². The number of hydrogen-bond donors (Lipinski definition) is 0. The van der Waals surface area contributed by atoms with Crippen LogP contribution in [0.1, 0.15) is 28.9 Å². The van der Waals surface area contributed by atoms with Crippen molar-refractivity contribution in [3.8, 4) is 5.75 Å². The minimum Gasteiger partial charge on any atom is -0.435 e. The molecule has 27 heavy (non-hydrogen) atoms. The zero-order valence-corrected chi connectivity index (χ0v) is 14.9. The van der Waals surface area contributed by atoms with Crippen LogP contribution in [0.2, 0.25) is 0 Å². The third-order valence-corrected chi connectivity index (χ3v) is 4.83. The van der Waals surface area contributed by atoms with Crippen LogP contribution in [0.3, 0.4) is 0 Å². The summed E-state index contributed by atoms with van der Waals surface area (Å²) in [5.74, 6) is -0.364. The van der Waals surface area contributed by atoms with Gasteiger partial charge in [0, 0.05) is 43.3 Å². The molecule has 1 atom stereocenters. The van der Waals surface area contributed by atoms with Crippen molar-refractivity contribution in [1.29, 1.82) is 0 Å². The molecule has 1 aliphatic heterocycles. The zero-order valence-electron chi connectivity index (χ0n) is 14.9. The largest absolute Gasteiger partial charge is 0.435 e. The van der Waals surface area contributed by atoms with E-state index in [0.717, 1.165) is 0 Å². The van der Waals surface area contributed by atoms with E-state index in [2.05, 4.69) is 9.64 Å². The molecule has 1 aliphatic rings. The molecule has 144 valence electrons. The molecule has 0 N–H and O–H groups in total. The van der Waals surface area contributed by atoms with Crippen LogP contribution in [0.25, 0.3) is 0 Å². The molecule has 0 spiro atoms. The Balaban J connectivity index is 1.58. The van der Waals surface area contributed by atoms with Gasteiger partial charge in [-0.05, 0) is 37.3 Å². The number of alkyl halides is 2. The van der Waals surface area contributed by atoms with Crippen molar-refractivity contribution >= 4 is 5.91 Å². The molecule has 1 amide bonds. The number of rotatable bonds is 5. The van der Waals surface area contributed by atoms with Gasteiger partial charge in [0.05, 0.1) is 0 Å². The topological polar surface area (TPSA) is 32.8 Å². The molecule has 2 aromatic carbocycles. The Hall–Kier alpha value is -2.54. The number of nitrogens with zero attached hydrogens (tertiary/aromatic N) is 2. The van der Waals surface area contributed by atoms with Crippen molar-refractivity contribution in [2.45, 2.75) is 19.6 Å². The summed E-state index contributed by atoms with van der Waals surface area (Å²) < 4.78 is 42.7. The monoisotopic (exact) mass is 378 g/mol. The van der Waals surface area contributed by atoms with Gasteiger partial charge in [0.1, 0.15) is 11.6 Å². The Morgan fingerprint density at radius 1 is 1.00 bits per heavy atom. The molecule has 1 heterocycles. The van der Waals surface area contributed by atoms with Gasteiger partial charge in [-0.3, -0.25) is 9.69 Å². The molecule has 2 aromatic rings. The molecule has 0 radical (unpaired) electrons. The number of carbonyl (C=O) groups is 1. The summed E-state index contributed by atoms with van der Waals surface area (Å²) in [6.07, 6.45) is 0. The van der Waals surface area contributed by atoms with Crippen LogP contribution in [0.5, 0.6) is 5.75 Å². The van der Waals surface area contributed by atoms with Crippen molar-refractivity contribution in [2.24, 2.45) is 0 Å². The second-order valence-electron chi connectivity index (χ2n) is 6.43. The lowest BCUT2D eigenvalue weighted by Crippen LogP contribution is -2.49. The van der Waals surface area contributed by atoms with Gasteiger partial charge in [-0.25, -0.2) is 4.39 Å². The summed E-state index contributed by atoms with van der Waals surface area (Å²) in [6.45, 7) is 1.37. The summed E-state index contributed by atoms with van der Waals surface area (Å²) in [5.41, 5.74) is 1.07. The molecule has 1 unspecified atom stereocenters. The van der Waals surface area contributed by atoms with Crippen molar-refractivity contribution in [3.05, 3.63) is 65.5 Å². The van der Waals surface area contributed by atoms with Crippen LogP contribution in [0.4, 0.5) is 13.2 Å². The molecule has 1 saturated heterocycles. The van der Waals surface area contributed by atoms with Crippen LogP contribution in [0, 0.1) is 5.82 Å². The molecule has 7 heteroatoms. The number of amides is 1. The van der Waals surface area contributed by atoms with E-state index in [1.807, 2.05) is 13.0 Å². The summed E-state index contributed by atoms with van der Waals surface area (Å²) in [4.78, 5) is 16.4. The van der Waals surface area contributed by atoms with E-state index in [4.69, 9.17) is 0 Å². The summed E-state index contributed by atoms with van der Waals surface area (Å²) in [5, 5.41) is 0. The van der Waals surface area contributed by atoms with Crippen LogP contribution in [-0.2, 0) is 0 Å². The number of halogens is 3. The van der Waals surface area contributed by atoms with Crippen molar-refractivity contribution < 1.29 is 22.7 Å². The van der Waals surface area contributed by atoms with Crippen molar-refractivity contribution in [2.75, 3.05) is 26.2 Å². The van der Waals surface area contributed by atoms with Gasteiger partial charge in [-0.2, -0.15) is 8.78 Å². The first-order chi connectivity index (χ1) is 13.0. The lowest BCUT2D eigenvalue weighted by Gasteiger charge is -2.38. The molecule has 0 aliphatic carbocycles. The quantitative estimate of drug-likeness (QED) is 0.790. The maximum atomic E-state index is 14.0. The fraction of sp³-hybridized carbons (Fsp3) is 0.350. The average Bonchev–Trinajstić information content (AvgIpc) is 2.67. The lowest BCUT2D eigenvalue weighted by molar-refractivity contribution is -0.0498. The molecule has 0 saturated carbocycles. The van der Waals surface area contributed by atoms with E-state index < -0.39 is 6.61 Å². The van der Waals surface area contributed by atoms with Crippen LogP contribution < -0.4 is 4.74 Å². The Kier molecular flexibility index (Phi) is 6.01. The van der Waals surface area contributed by atoms with Crippen LogP contribution >= 0.6 is 0 Å². The highest BCUT2D eigenvalue weighted by Gasteiger charge is 2.26. The summed E-state index contributed by atoms with van der Waals surface area (Å²) in [7, 11) is 0. The summed E-state index contributed by atoms with van der Waals surface area (Å²) in [6, 6.07) is 12.3. The van der Waals surface area contributed by atoms with E-state index in [1.165, 1.54) is 30.3 Å². The molecular formula is C20H21F3N2O2. The highest BCUT2D eigenvalue weighted by Crippen LogP contribution is 2.24. The smallest absolute Gasteiger partial charge is 0.387 e. The number of carbonyl (C=O) groups excluding carboxylic acids is 1. The number of piperazine rings is 1. The fourth-order valence-corrected chi connectivity index (χ4v) is 3.28. The normalized spacial score (nSPS) is 16.4. The number of benzene rings is 2. The SMILES string of the molecule is CC(c1ccccc1F)N1CCN(C(=O)c2ccc(OC(F)F)cc2)CC1. The number of ether oxygens (including phenoxy) is 1. The Bertz CT molecular complexity index is 775. The Labute approximate surface area is 156 Å². The van der Waals surface area contributed by atoms with Gasteiger partial charge in [0.15, 0.2) is 0 Å². The van der Waals surface area contributed by atoms with Gasteiger partial charge in [0.2, 0.25) is 0 Å². The zero-order chi connectivity index (χ0) is 19.4. The van der Waals surface area contributed by atoms with Crippen LogP contribution in [-0.4, -0.2) is 48.5 Å². The molecule has 0 bridgehead atoms. The predicted octanol–water partition coefficient (Wildman–Crippen LogP) is 3.95. The Morgan fingerprint density at radius 3 is 2.22 bits per heavy atom. The lowest BCUT2D eigenvalue weighted by atomic mass is 10.1. The first kappa shape index (κ1) is 19.2. The number of hydrogen-bond acceptors (Lipinski definition) is 3. The highest BCUT2D eigenvalue weighted by atomic mass is 19.3. The van der Waals surface area contributed by atoms with Gasteiger partial charge in [-0.1, -0.05) is 18.2 Å². The minimum atomic E-state index is -2.89.